The predicted octanol–water partition coefficient (Wildman–Crippen LogP) is -2.63. The lowest BCUT2D eigenvalue weighted by atomic mass is 9.99. The molecule has 15 heteroatoms. The maximum Gasteiger partial charge on any atom is 0.231 e. The van der Waals surface area contributed by atoms with Gasteiger partial charge in [-0.1, -0.05) is 6.07 Å². The molecule has 228 valence electrons. The monoisotopic (exact) mass is 594 g/mol. The van der Waals surface area contributed by atoms with Gasteiger partial charge in [0.15, 0.2) is 17.3 Å². The fourth-order valence-corrected chi connectivity index (χ4v) is 4.70. The third kappa shape index (κ3) is 5.67. The fraction of sp³-hybridized carbons (Fsp3) is 0.444. The van der Waals surface area contributed by atoms with Crippen LogP contribution in [-0.4, -0.2) is 126 Å². The van der Waals surface area contributed by atoms with E-state index in [1.807, 2.05) is 0 Å². The van der Waals surface area contributed by atoms with Crippen LogP contribution in [0.2, 0.25) is 0 Å². The van der Waals surface area contributed by atoms with Crippen molar-refractivity contribution in [3.8, 4) is 23.0 Å². The van der Waals surface area contributed by atoms with Crippen LogP contribution in [0.3, 0.4) is 0 Å². The molecule has 0 saturated carbocycles. The first-order valence-electron chi connectivity index (χ1n) is 12.9. The summed E-state index contributed by atoms with van der Waals surface area (Å²) < 4.78 is 27.4. The van der Waals surface area contributed by atoms with Crippen molar-refractivity contribution >= 4 is 11.9 Å². The summed E-state index contributed by atoms with van der Waals surface area (Å²) in [7, 11) is 0. The van der Waals surface area contributed by atoms with E-state index in [1.165, 1.54) is 42.5 Å². The summed E-state index contributed by atoms with van der Waals surface area (Å²) in [6.07, 6.45) is -13.9. The predicted molar refractivity (Wildman–Crippen MR) is 136 cm³/mol. The van der Waals surface area contributed by atoms with E-state index in [2.05, 4.69) is 0 Å². The number of carbonyl (C=O) groups is 1. The van der Waals surface area contributed by atoms with Crippen molar-refractivity contribution in [2.45, 2.75) is 61.4 Å². The van der Waals surface area contributed by atoms with Crippen LogP contribution >= 0.6 is 0 Å². The number of allylic oxidation sites excluding steroid dienone is 1. The number of ketones is 1. The van der Waals surface area contributed by atoms with Gasteiger partial charge in [-0.2, -0.15) is 0 Å². The normalized spacial score (nSPS) is 35.5. The molecule has 2 aromatic rings. The standard InChI is InChI=1S/C27H30O15/c28-8-17-20(32)22(34)24(36)26(41-17)38-11-2-3-12-14(7-11)39-16(19(12)31)6-10-1-4-13(30)15(5-10)40-27-25(37)23(35)21(33)18(9-29)42-27/h1-7,17-18,20-30,32-37H,8-9H2/t17-,18-,20-,21-,22+,23+,24-,25-,26-,27-/m1/s1. The maximum atomic E-state index is 13.0. The number of rotatable bonds is 7. The Bertz CT molecular complexity index is 1330. The van der Waals surface area contributed by atoms with E-state index in [-0.39, 0.29) is 34.3 Å². The van der Waals surface area contributed by atoms with Gasteiger partial charge in [-0.3, -0.25) is 4.79 Å². The van der Waals surface area contributed by atoms with Crippen LogP contribution in [0.25, 0.3) is 6.08 Å². The Labute approximate surface area is 237 Å². The second-order valence-corrected chi connectivity index (χ2v) is 9.96. The van der Waals surface area contributed by atoms with Crippen LogP contribution in [0.4, 0.5) is 0 Å². The van der Waals surface area contributed by atoms with Crippen molar-refractivity contribution in [3.05, 3.63) is 53.3 Å². The van der Waals surface area contributed by atoms with Crippen LogP contribution in [0, 0.1) is 0 Å². The van der Waals surface area contributed by atoms with Crippen LogP contribution in [0.15, 0.2) is 42.2 Å². The number of hydrogen-bond donors (Lipinski definition) is 9. The smallest absolute Gasteiger partial charge is 0.231 e. The first-order chi connectivity index (χ1) is 20.0. The molecule has 9 N–H and O–H groups in total. The highest BCUT2D eigenvalue weighted by molar-refractivity contribution is 6.14. The summed E-state index contributed by atoms with van der Waals surface area (Å²) in [6, 6.07) is 8.14. The number of hydrogen-bond acceptors (Lipinski definition) is 15. The zero-order chi connectivity index (χ0) is 30.3. The second kappa shape index (κ2) is 12.1. The first kappa shape index (κ1) is 30.1. The molecule has 0 aliphatic carbocycles. The Morgan fingerprint density at radius 2 is 1.33 bits per heavy atom. The molecular weight excluding hydrogens is 564 g/mol. The molecular formula is C27H30O15. The van der Waals surface area contributed by atoms with Crippen LogP contribution in [0.1, 0.15) is 15.9 Å². The molecule has 2 saturated heterocycles. The lowest BCUT2D eigenvalue weighted by molar-refractivity contribution is -0.277. The van der Waals surface area contributed by atoms with Gasteiger partial charge in [0.1, 0.15) is 60.3 Å². The van der Waals surface area contributed by atoms with Crippen LogP contribution < -0.4 is 14.2 Å². The molecule has 3 heterocycles. The second-order valence-electron chi connectivity index (χ2n) is 9.96. The van der Waals surface area contributed by atoms with Gasteiger partial charge >= 0.3 is 0 Å². The number of phenols is 1. The van der Waals surface area contributed by atoms with Crippen molar-refractivity contribution in [2.24, 2.45) is 0 Å². The molecule has 0 radical (unpaired) electrons. The van der Waals surface area contributed by atoms with Gasteiger partial charge in [0.05, 0.1) is 18.8 Å². The summed E-state index contributed by atoms with van der Waals surface area (Å²) in [4.78, 5) is 13.0. The third-order valence-corrected chi connectivity index (χ3v) is 7.12. The van der Waals surface area contributed by atoms with Crippen molar-refractivity contribution in [2.75, 3.05) is 13.2 Å². The number of Topliss-reactive ketones (excluding diaryl/α,β-unsaturated/α-hetero) is 1. The zero-order valence-corrected chi connectivity index (χ0v) is 21.7. The highest BCUT2D eigenvalue weighted by Gasteiger charge is 2.46. The molecule has 10 atom stereocenters. The SMILES string of the molecule is O=C1C(=Cc2ccc(O)c(O[C@@H]3O[C@H](CO)[C@@H](O)[C@H](O)[C@H]3O)c2)Oc2cc(O[C@@H]3O[C@H](CO)[C@@H](O)[C@H](O)[C@H]3O)ccc21. The molecule has 2 fully saturated rings. The topological polar surface area (TPSA) is 245 Å². The van der Waals surface area contributed by atoms with Crippen molar-refractivity contribution in [1.82, 2.24) is 0 Å². The van der Waals surface area contributed by atoms with E-state index in [1.54, 1.807) is 0 Å². The molecule has 0 bridgehead atoms. The fourth-order valence-electron chi connectivity index (χ4n) is 4.70. The molecule has 3 aliphatic rings. The number of ether oxygens (including phenoxy) is 5. The minimum atomic E-state index is -1.71. The average Bonchev–Trinajstić information content (AvgIpc) is 3.28. The van der Waals surface area contributed by atoms with E-state index < -0.39 is 80.4 Å². The van der Waals surface area contributed by atoms with Gasteiger partial charge in [0.2, 0.25) is 18.4 Å². The van der Waals surface area contributed by atoms with Gasteiger partial charge in [-0.25, -0.2) is 0 Å². The molecule has 0 spiro atoms. The van der Waals surface area contributed by atoms with Gasteiger partial charge in [0, 0.05) is 6.07 Å². The number of aliphatic hydroxyl groups is 8. The van der Waals surface area contributed by atoms with Crippen LogP contribution in [0.5, 0.6) is 23.0 Å². The highest BCUT2D eigenvalue weighted by Crippen LogP contribution is 2.37. The van der Waals surface area contributed by atoms with E-state index in [0.717, 1.165) is 0 Å². The zero-order valence-electron chi connectivity index (χ0n) is 21.7. The number of phenolic OH excluding ortho intramolecular Hbond substituents is 1. The minimum absolute atomic E-state index is 0.0898. The molecule has 0 amide bonds. The number of carbonyl (C=O) groups excluding carboxylic acids is 1. The van der Waals surface area contributed by atoms with Gasteiger partial charge in [-0.05, 0) is 35.9 Å². The molecule has 2 aromatic carbocycles. The van der Waals surface area contributed by atoms with Gasteiger partial charge < -0.3 is 69.6 Å². The Morgan fingerprint density at radius 3 is 1.93 bits per heavy atom. The quantitative estimate of drug-likeness (QED) is 0.149. The molecule has 5 rings (SSSR count). The molecule has 15 nitrogen and oxygen atoms in total. The highest BCUT2D eigenvalue weighted by atomic mass is 16.7. The van der Waals surface area contributed by atoms with E-state index in [4.69, 9.17) is 23.7 Å². The van der Waals surface area contributed by atoms with Crippen molar-refractivity contribution < 1.29 is 74.4 Å². The Kier molecular flexibility index (Phi) is 8.68. The van der Waals surface area contributed by atoms with Crippen LogP contribution in [-0.2, 0) is 9.47 Å². The summed E-state index contributed by atoms with van der Waals surface area (Å²) in [5.74, 6) is -0.983. The summed E-state index contributed by atoms with van der Waals surface area (Å²) in [5.41, 5.74) is 0.500. The molecule has 3 aliphatic heterocycles. The van der Waals surface area contributed by atoms with Crippen molar-refractivity contribution in [1.29, 1.82) is 0 Å². The molecule has 42 heavy (non-hydrogen) atoms. The maximum absolute atomic E-state index is 13.0. The van der Waals surface area contributed by atoms with E-state index >= 15 is 0 Å². The summed E-state index contributed by atoms with van der Waals surface area (Å²) >= 11 is 0. The molecule has 0 aromatic heterocycles. The Balaban J connectivity index is 1.31. The number of aromatic hydroxyl groups is 1. The minimum Gasteiger partial charge on any atom is -0.504 e. The lowest BCUT2D eigenvalue weighted by Crippen LogP contribution is -2.60. The number of benzene rings is 2. The summed E-state index contributed by atoms with van der Waals surface area (Å²) in [6.45, 7) is -1.30. The van der Waals surface area contributed by atoms with Gasteiger partial charge in [0.25, 0.3) is 0 Å². The van der Waals surface area contributed by atoms with E-state index in [0.29, 0.717) is 5.56 Å². The number of aliphatic hydroxyl groups excluding tert-OH is 8. The van der Waals surface area contributed by atoms with Gasteiger partial charge in [-0.15, -0.1) is 0 Å². The Morgan fingerprint density at radius 1 is 0.738 bits per heavy atom. The summed E-state index contributed by atoms with van der Waals surface area (Å²) in [5, 5.41) is 89.3. The largest absolute Gasteiger partial charge is 0.504 e. The lowest BCUT2D eigenvalue weighted by Gasteiger charge is -2.39. The number of fused-ring (bicyclic) bond motifs is 1. The van der Waals surface area contributed by atoms with Crippen molar-refractivity contribution in [3.63, 3.8) is 0 Å². The third-order valence-electron chi connectivity index (χ3n) is 7.12. The average molecular weight is 595 g/mol. The first-order valence-corrected chi connectivity index (χ1v) is 12.9. The van der Waals surface area contributed by atoms with E-state index in [9.17, 15) is 50.8 Å². The molecule has 0 unspecified atom stereocenters. The Hall–Kier alpha value is -3.35.